The Morgan fingerprint density at radius 2 is 1.95 bits per heavy atom. The summed E-state index contributed by atoms with van der Waals surface area (Å²) in [5.41, 5.74) is 6.38. The number of nitrogens with two attached hydrogens (primary N) is 1. The third-order valence-corrected chi connectivity index (χ3v) is 3.10. The molecule has 1 unspecified atom stereocenters. The van der Waals surface area contributed by atoms with E-state index in [1.54, 1.807) is 7.05 Å². The number of hydrogen-bond donors (Lipinski definition) is 1. The molecule has 0 aliphatic heterocycles. The highest BCUT2D eigenvalue weighted by Gasteiger charge is 2.16. The van der Waals surface area contributed by atoms with Gasteiger partial charge in [0.05, 0.1) is 0 Å². The van der Waals surface area contributed by atoms with E-state index >= 15 is 0 Å². The van der Waals surface area contributed by atoms with E-state index in [9.17, 15) is 13.6 Å². The first-order chi connectivity index (χ1) is 8.81. The van der Waals surface area contributed by atoms with Crippen LogP contribution < -0.4 is 5.73 Å². The summed E-state index contributed by atoms with van der Waals surface area (Å²) in [5.74, 6) is -1.68. The third kappa shape index (κ3) is 4.59. The van der Waals surface area contributed by atoms with Crippen LogP contribution in [0.1, 0.15) is 25.8 Å². The van der Waals surface area contributed by atoms with Crippen LogP contribution in [-0.2, 0) is 11.3 Å². The number of carbonyl (C=O) groups excluding carboxylic acids is 1. The van der Waals surface area contributed by atoms with Crippen molar-refractivity contribution < 1.29 is 13.6 Å². The Morgan fingerprint density at radius 3 is 2.47 bits per heavy atom. The third-order valence-electron chi connectivity index (χ3n) is 3.10. The summed E-state index contributed by atoms with van der Waals surface area (Å²) in [5, 5.41) is 0. The molecule has 1 rings (SSSR count). The summed E-state index contributed by atoms with van der Waals surface area (Å²) in [6.07, 6.45) is 0.248. The minimum absolute atomic E-state index is 0.106. The fraction of sp³-hybridized carbons (Fsp3) is 0.500. The molecule has 0 aromatic heterocycles. The van der Waals surface area contributed by atoms with Crippen molar-refractivity contribution in [3.8, 4) is 0 Å². The van der Waals surface area contributed by atoms with E-state index in [2.05, 4.69) is 0 Å². The highest BCUT2D eigenvalue weighted by atomic mass is 19.2. The van der Waals surface area contributed by atoms with E-state index in [4.69, 9.17) is 5.73 Å². The smallest absolute Gasteiger partial charge is 0.224 e. The molecule has 3 nitrogen and oxygen atoms in total. The lowest BCUT2D eigenvalue weighted by Gasteiger charge is -2.21. The molecule has 5 heteroatoms. The maximum absolute atomic E-state index is 13.0. The zero-order chi connectivity index (χ0) is 14.6. The second-order valence-electron chi connectivity index (χ2n) is 5.11. The average Bonchev–Trinajstić information content (AvgIpc) is 2.33. The van der Waals surface area contributed by atoms with Crippen molar-refractivity contribution in [2.75, 3.05) is 7.05 Å². The minimum atomic E-state index is -0.905. The van der Waals surface area contributed by atoms with Gasteiger partial charge in [0, 0.05) is 26.1 Å². The Kier molecular flexibility index (Phi) is 5.42. The van der Waals surface area contributed by atoms with Crippen LogP contribution in [0, 0.1) is 17.6 Å². The Bertz CT molecular complexity index is 449. The van der Waals surface area contributed by atoms with E-state index < -0.39 is 11.6 Å². The molecule has 1 aromatic rings. The molecule has 0 radical (unpaired) electrons. The monoisotopic (exact) mass is 270 g/mol. The zero-order valence-electron chi connectivity index (χ0n) is 11.5. The fourth-order valence-electron chi connectivity index (χ4n) is 1.59. The number of halogens is 2. The minimum Gasteiger partial charge on any atom is -0.341 e. The van der Waals surface area contributed by atoms with Gasteiger partial charge in [0.2, 0.25) is 5.91 Å². The molecule has 0 aliphatic carbocycles. The average molecular weight is 270 g/mol. The SMILES string of the molecule is CC(C)C(N)CC(=O)N(C)Cc1ccc(F)c(F)c1. The van der Waals surface area contributed by atoms with Gasteiger partial charge in [-0.2, -0.15) is 0 Å². The zero-order valence-corrected chi connectivity index (χ0v) is 11.5. The summed E-state index contributed by atoms with van der Waals surface area (Å²) in [4.78, 5) is 13.4. The maximum Gasteiger partial charge on any atom is 0.224 e. The van der Waals surface area contributed by atoms with Crippen LogP contribution in [0.5, 0.6) is 0 Å². The normalized spacial score (nSPS) is 12.6. The molecule has 0 bridgehead atoms. The molecular formula is C14H20F2N2O. The highest BCUT2D eigenvalue weighted by Crippen LogP contribution is 2.12. The van der Waals surface area contributed by atoms with Crippen LogP contribution in [0.3, 0.4) is 0 Å². The summed E-state index contributed by atoms with van der Waals surface area (Å²) >= 11 is 0. The maximum atomic E-state index is 13.0. The van der Waals surface area contributed by atoms with Crippen molar-refractivity contribution >= 4 is 5.91 Å². The summed E-state index contributed by atoms with van der Waals surface area (Å²) < 4.78 is 25.8. The van der Waals surface area contributed by atoms with Gasteiger partial charge in [-0.25, -0.2) is 8.78 Å². The molecule has 0 saturated carbocycles. The van der Waals surface area contributed by atoms with Crippen LogP contribution in [-0.4, -0.2) is 23.9 Å². The van der Waals surface area contributed by atoms with Crippen molar-refractivity contribution in [3.63, 3.8) is 0 Å². The lowest BCUT2D eigenvalue weighted by molar-refractivity contribution is -0.131. The molecular weight excluding hydrogens is 250 g/mol. The molecule has 19 heavy (non-hydrogen) atoms. The van der Waals surface area contributed by atoms with Gasteiger partial charge in [0.15, 0.2) is 11.6 Å². The van der Waals surface area contributed by atoms with E-state index in [1.807, 2.05) is 13.8 Å². The van der Waals surface area contributed by atoms with E-state index in [0.29, 0.717) is 5.56 Å². The van der Waals surface area contributed by atoms with Gasteiger partial charge in [-0.05, 0) is 23.6 Å². The van der Waals surface area contributed by atoms with Gasteiger partial charge in [-0.1, -0.05) is 19.9 Å². The summed E-state index contributed by atoms with van der Waals surface area (Å²) in [6.45, 7) is 4.14. The van der Waals surface area contributed by atoms with Gasteiger partial charge in [-0.3, -0.25) is 4.79 Å². The van der Waals surface area contributed by atoms with Gasteiger partial charge in [0.1, 0.15) is 0 Å². The first kappa shape index (κ1) is 15.6. The van der Waals surface area contributed by atoms with Crippen molar-refractivity contribution in [1.29, 1.82) is 0 Å². The van der Waals surface area contributed by atoms with Crippen LogP contribution in [0.15, 0.2) is 18.2 Å². The summed E-state index contributed by atoms with van der Waals surface area (Å²) in [7, 11) is 1.62. The Labute approximate surface area is 112 Å². The first-order valence-electron chi connectivity index (χ1n) is 6.24. The highest BCUT2D eigenvalue weighted by molar-refractivity contribution is 5.76. The second-order valence-corrected chi connectivity index (χ2v) is 5.11. The molecule has 106 valence electrons. The first-order valence-corrected chi connectivity index (χ1v) is 6.24. The Balaban J connectivity index is 2.61. The lowest BCUT2D eigenvalue weighted by Crippen LogP contribution is -2.35. The number of hydrogen-bond acceptors (Lipinski definition) is 2. The Hall–Kier alpha value is -1.49. The van der Waals surface area contributed by atoms with Gasteiger partial charge >= 0.3 is 0 Å². The number of rotatable bonds is 5. The van der Waals surface area contributed by atoms with Crippen LogP contribution >= 0.6 is 0 Å². The van der Waals surface area contributed by atoms with Crippen LogP contribution in [0.2, 0.25) is 0 Å². The molecule has 2 N–H and O–H groups in total. The molecule has 1 amide bonds. The van der Waals surface area contributed by atoms with Crippen LogP contribution in [0.25, 0.3) is 0 Å². The number of benzene rings is 1. The van der Waals surface area contributed by atoms with Gasteiger partial charge in [-0.15, -0.1) is 0 Å². The molecule has 0 fully saturated rings. The van der Waals surface area contributed by atoms with Crippen molar-refractivity contribution in [2.24, 2.45) is 11.7 Å². The largest absolute Gasteiger partial charge is 0.341 e. The quantitative estimate of drug-likeness (QED) is 0.892. The number of carbonyl (C=O) groups is 1. The predicted octanol–water partition coefficient (Wildman–Crippen LogP) is 2.30. The van der Waals surface area contributed by atoms with Crippen LogP contribution in [0.4, 0.5) is 8.78 Å². The van der Waals surface area contributed by atoms with E-state index in [1.165, 1.54) is 11.0 Å². The topological polar surface area (TPSA) is 46.3 Å². The van der Waals surface area contributed by atoms with E-state index in [0.717, 1.165) is 12.1 Å². The molecule has 0 saturated heterocycles. The number of amides is 1. The van der Waals surface area contributed by atoms with E-state index in [-0.39, 0.29) is 30.8 Å². The molecule has 0 heterocycles. The molecule has 1 atom stereocenters. The van der Waals surface area contributed by atoms with Crippen molar-refractivity contribution in [1.82, 2.24) is 4.90 Å². The molecule has 0 aliphatic rings. The molecule has 1 aromatic carbocycles. The fourth-order valence-corrected chi connectivity index (χ4v) is 1.59. The van der Waals surface area contributed by atoms with Crippen molar-refractivity contribution in [3.05, 3.63) is 35.4 Å². The lowest BCUT2D eigenvalue weighted by atomic mass is 10.0. The van der Waals surface area contributed by atoms with Gasteiger partial charge < -0.3 is 10.6 Å². The Morgan fingerprint density at radius 1 is 1.32 bits per heavy atom. The number of nitrogens with zero attached hydrogens (tertiary/aromatic N) is 1. The standard InChI is InChI=1S/C14H20F2N2O/c1-9(2)13(17)7-14(19)18(3)8-10-4-5-11(15)12(16)6-10/h4-6,9,13H,7-8,17H2,1-3H3. The molecule has 0 spiro atoms. The predicted molar refractivity (Wildman–Crippen MR) is 70.3 cm³/mol. The van der Waals surface area contributed by atoms with Crippen molar-refractivity contribution in [2.45, 2.75) is 32.9 Å². The summed E-state index contributed by atoms with van der Waals surface area (Å²) in [6, 6.07) is 3.43. The second kappa shape index (κ2) is 6.61. The van der Waals surface area contributed by atoms with Gasteiger partial charge in [0.25, 0.3) is 0 Å².